The van der Waals surface area contributed by atoms with Gasteiger partial charge in [0.1, 0.15) is 12.4 Å². The summed E-state index contributed by atoms with van der Waals surface area (Å²) in [5.41, 5.74) is 0.301. The molecule has 0 aliphatic carbocycles. The fourth-order valence-corrected chi connectivity index (χ4v) is 4.22. The minimum absolute atomic E-state index is 0.0185. The van der Waals surface area contributed by atoms with Gasteiger partial charge in [-0.1, -0.05) is 36.4 Å². The Kier molecular flexibility index (Phi) is 6.61. The molecular formula is C21H18FN3O5S. The van der Waals surface area contributed by atoms with Gasteiger partial charge in [-0.2, -0.15) is 0 Å². The molecule has 0 aromatic heterocycles. The number of benzene rings is 3. The lowest BCUT2D eigenvalue weighted by atomic mass is 10.2. The topological polar surface area (TPSA) is 110 Å². The van der Waals surface area contributed by atoms with Crippen LogP contribution < -0.4 is 9.62 Å². The predicted molar refractivity (Wildman–Crippen MR) is 112 cm³/mol. The lowest BCUT2D eigenvalue weighted by Crippen LogP contribution is -2.40. The smallest absolute Gasteiger partial charge is 0.271 e. The number of carbonyl (C=O) groups excluding carboxylic acids is 1. The Balaban J connectivity index is 1.88. The molecule has 3 aromatic rings. The zero-order chi connectivity index (χ0) is 22.4. The van der Waals surface area contributed by atoms with Gasteiger partial charge in [0.2, 0.25) is 5.91 Å². The number of hydrogen-bond donors (Lipinski definition) is 1. The Labute approximate surface area is 178 Å². The Hall–Kier alpha value is -3.79. The molecule has 0 unspecified atom stereocenters. The van der Waals surface area contributed by atoms with Crippen molar-refractivity contribution in [1.82, 2.24) is 5.32 Å². The van der Waals surface area contributed by atoms with E-state index < -0.39 is 33.2 Å². The van der Waals surface area contributed by atoms with Gasteiger partial charge >= 0.3 is 0 Å². The molecule has 3 aromatic carbocycles. The van der Waals surface area contributed by atoms with Gasteiger partial charge < -0.3 is 5.32 Å². The van der Waals surface area contributed by atoms with Gasteiger partial charge in [-0.15, -0.1) is 0 Å². The Morgan fingerprint density at radius 2 is 1.68 bits per heavy atom. The number of amides is 1. The van der Waals surface area contributed by atoms with E-state index in [4.69, 9.17) is 0 Å². The molecule has 0 saturated heterocycles. The van der Waals surface area contributed by atoms with Crippen LogP contribution in [0.4, 0.5) is 15.8 Å². The largest absolute Gasteiger partial charge is 0.350 e. The van der Waals surface area contributed by atoms with E-state index in [1.165, 1.54) is 66.7 Å². The van der Waals surface area contributed by atoms with Crippen LogP contribution in [0.3, 0.4) is 0 Å². The number of nitro groups is 1. The highest BCUT2D eigenvalue weighted by molar-refractivity contribution is 7.92. The third-order valence-corrected chi connectivity index (χ3v) is 6.14. The van der Waals surface area contributed by atoms with Crippen molar-refractivity contribution in [2.24, 2.45) is 0 Å². The van der Waals surface area contributed by atoms with Crippen molar-refractivity contribution in [3.8, 4) is 0 Å². The maximum atomic E-state index is 13.2. The number of nitro benzene ring substituents is 1. The average molecular weight is 443 g/mol. The van der Waals surface area contributed by atoms with Crippen LogP contribution in [-0.4, -0.2) is 25.8 Å². The second kappa shape index (κ2) is 9.35. The summed E-state index contributed by atoms with van der Waals surface area (Å²) in [4.78, 5) is 23.0. The van der Waals surface area contributed by atoms with Gasteiger partial charge in [0.05, 0.1) is 15.5 Å². The van der Waals surface area contributed by atoms with E-state index in [0.717, 1.165) is 10.4 Å². The maximum Gasteiger partial charge on any atom is 0.271 e. The van der Waals surface area contributed by atoms with Crippen molar-refractivity contribution in [1.29, 1.82) is 0 Å². The third kappa shape index (κ3) is 5.43. The van der Waals surface area contributed by atoms with Crippen molar-refractivity contribution in [3.05, 3.63) is 100 Å². The van der Waals surface area contributed by atoms with Crippen molar-refractivity contribution >= 4 is 27.3 Å². The lowest BCUT2D eigenvalue weighted by Gasteiger charge is -2.24. The minimum atomic E-state index is -4.18. The van der Waals surface area contributed by atoms with Crippen LogP contribution in [0.15, 0.2) is 83.8 Å². The van der Waals surface area contributed by atoms with Crippen LogP contribution in [0.2, 0.25) is 0 Å². The monoisotopic (exact) mass is 443 g/mol. The summed E-state index contributed by atoms with van der Waals surface area (Å²) in [5, 5.41) is 13.7. The zero-order valence-corrected chi connectivity index (χ0v) is 17.0. The third-order valence-electron chi connectivity index (χ3n) is 4.35. The summed E-state index contributed by atoms with van der Waals surface area (Å²) < 4.78 is 40.2. The van der Waals surface area contributed by atoms with Crippen LogP contribution in [0.1, 0.15) is 5.56 Å². The summed E-state index contributed by atoms with van der Waals surface area (Å²) in [7, 11) is -4.18. The lowest BCUT2D eigenvalue weighted by molar-refractivity contribution is -0.384. The molecule has 0 aliphatic heterocycles. The molecular weight excluding hydrogens is 425 g/mol. The predicted octanol–water partition coefficient (Wildman–Crippen LogP) is 3.25. The van der Waals surface area contributed by atoms with E-state index in [1.807, 2.05) is 0 Å². The van der Waals surface area contributed by atoms with E-state index in [1.54, 1.807) is 6.07 Å². The maximum absolute atomic E-state index is 13.2. The molecule has 160 valence electrons. The van der Waals surface area contributed by atoms with Gasteiger partial charge in [-0.3, -0.25) is 19.2 Å². The van der Waals surface area contributed by atoms with Gasteiger partial charge in [-0.25, -0.2) is 12.8 Å². The second-order valence-electron chi connectivity index (χ2n) is 6.50. The highest BCUT2D eigenvalue weighted by Crippen LogP contribution is 2.26. The fourth-order valence-electron chi connectivity index (χ4n) is 2.79. The molecule has 1 N–H and O–H groups in total. The molecule has 8 nitrogen and oxygen atoms in total. The van der Waals surface area contributed by atoms with Crippen molar-refractivity contribution in [3.63, 3.8) is 0 Å². The first-order valence-electron chi connectivity index (χ1n) is 9.11. The summed E-state index contributed by atoms with van der Waals surface area (Å²) >= 11 is 0. The van der Waals surface area contributed by atoms with Crippen molar-refractivity contribution in [2.75, 3.05) is 10.8 Å². The van der Waals surface area contributed by atoms with Crippen LogP contribution in [0, 0.1) is 15.9 Å². The first kappa shape index (κ1) is 21.9. The van der Waals surface area contributed by atoms with Crippen LogP contribution in [0.5, 0.6) is 0 Å². The summed E-state index contributed by atoms with van der Waals surface area (Å²) in [6.45, 7) is -0.535. The molecule has 0 atom stereocenters. The van der Waals surface area contributed by atoms with Crippen LogP contribution >= 0.6 is 0 Å². The molecule has 31 heavy (non-hydrogen) atoms. The first-order valence-corrected chi connectivity index (χ1v) is 10.5. The van der Waals surface area contributed by atoms with Crippen molar-refractivity contribution < 1.29 is 22.5 Å². The molecule has 1 amide bonds. The number of nitrogens with one attached hydrogen (secondary N) is 1. The molecule has 0 bridgehead atoms. The fraction of sp³-hybridized carbons (Fsp3) is 0.0952. The second-order valence-corrected chi connectivity index (χ2v) is 8.37. The Bertz CT molecular complexity index is 1190. The molecule has 0 radical (unpaired) electrons. The highest BCUT2D eigenvalue weighted by Gasteiger charge is 2.28. The van der Waals surface area contributed by atoms with E-state index in [9.17, 15) is 27.7 Å². The zero-order valence-electron chi connectivity index (χ0n) is 16.1. The SMILES string of the molecule is O=C(CN(c1cccc([N+](=O)[O-])c1)S(=O)(=O)c1ccccc1)NCc1ccc(F)cc1. The Morgan fingerprint density at radius 3 is 2.32 bits per heavy atom. The number of carbonyl (C=O) groups is 1. The Morgan fingerprint density at radius 1 is 1.00 bits per heavy atom. The summed E-state index contributed by atoms with van der Waals surface area (Å²) in [5.74, 6) is -1.05. The molecule has 0 saturated carbocycles. The minimum Gasteiger partial charge on any atom is -0.350 e. The number of sulfonamides is 1. The molecule has 0 aliphatic rings. The van der Waals surface area contributed by atoms with Crippen LogP contribution in [-0.2, 0) is 21.4 Å². The molecule has 0 fully saturated rings. The standard InChI is InChI=1S/C21H18FN3O5S/c22-17-11-9-16(10-12-17)14-23-21(26)15-24(18-5-4-6-19(13-18)25(27)28)31(29,30)20-7-2-1-3-8-20/h1-13H,14-15H2,(H,23,26). The van der Waals surface area contributed by atoms with Crippen molar-refractivity contribution in [2.45, 2.75) is 11.4 Å². The number of anilines is 1. The number of hydrogen-bond acceptors (Lipinski definition) is 5. The number of halogens is 1. The van der Waals surface area contributed by atoms with Gasteiger partial charge in [0.25, 0.3) is 15.7 Å². The van der Waals surface area contributed by atoms with E-state index >= 15 is 0 Å². The average Bonchev–Trinajstić information content (AvgIpc) is 2.77. The summed E-state index contributed by atoms with van der Waals surface area (Å²) in [6.07, 6.45) is 0. The quantitative estimate of drug-likeness (QED) is 0.425. The van der Waals surface area contributed by atoms with Gasteiger partial charge in [0, 0.05) is 18.7 Å². The van der Waals surface area contributed by atoms with E-state index in [0.29, 0.717) is 5.56 Å². The molecule has 3 rings (SSSR count). The first-order chi connectivity index (χ1) is 14.8. The normalized spacial score (nSPS) is 11.0. The molecule has 0 heterocycles. The summed E-state index contributed by atoms with van der Waals surface area (Å²) in [6, 6.07) is 18.0. The van der Waals surface area contributed by atoms with Crippen LogP contribution in [0.25, 0.3) is 0 Å². The number of rotatable bonds is 8. The highest BCUT2D eigenvalue weighted by atomic mass is 32.2. The molecule has 10 heteroatoms. The van der Waals surface area contributed by atoms with Gasteiger partial charge in [0.15, 0.2) is 0 Å². The number of non-ortho nitro benzene ring substituents is 1. The molecule has 0 spiro atoms. The van der Waals surface area contributed by atoms with E-state index in [2.05, 4.69) is 5.32 Å². The van der Waals surface area contributed by atoms with E-state index in [-0.39, 0.29) is 22.8 Å². The van der Waals surface area contributed by atoms with Gasteiger partial charge in [-0.05, 0) is 35.9 Å². The number of nitrogens with zero attached hydrogens (tertiary/aromatic N) is 2.